The molecule has 0 N–H and O–H groups in total. The van der Waals surface area contributed by atoms with E-state index >= 15 is 0 Å². The summed E-state index contributed by atoms with van der Waals surface area (Å²) in [5, 5.41) is 0. The SMILES string of the molecule is CC[N+]1(C2CC(C)CC(C)(C)C2)CCCC1. The minimum absolute atomic E-state index is 0.589. The molecule has 1 saturated carbocycles. The summed E-state index contributed by atoms with van der Waals surface area (Å²) >= 11 is 0. The van der Waals surface area contributed by atoms with Crippen molar-refractivity contribution in [1.29, 1.82) is 0 Å². The number of rotatable bonds is 2. The van der Waals surface area contributed by atoms with Crippen LogP contribution >= 0.6 is 0 Å². The highest BCUT2D eigenvalue weighted by molar-refractivity contribution is 4.84. The summed E-state index contributed by atoms with van der Waals surface area (Å²) in [5.41, 5.74) is 0.589. The van der Waals surface area contributed by atoms with E-state index in [0.29, 0.717) is 5.41 Å². The van der Waals surface area contributed by atoms with Crippen LogP contribution in [0.4, 0.5) is 0 Å². The Labute approximate surface area is 102 Å². The summed E-state index contributed by atoms with van der Waals surface area (Å²) in [5.74, 6) is 0.941. The van der Waals surface area contributed by atoms with E-state index in [9.17, 15) is 0 Å². The van der Waals surface area contributed by atoms with Gasteiger partial charge in [-0.2, -0.15) is 0 Å². The van der Waals surface area contributed by atoms with E-state index in [2.05, 4.69) is 27.7 Å². The molecule has 1 saturated heterocycles. The third-order valence-electron chi connectivity index (χ3n) is 5.22. The lowest BCUT2D eigenvalue weighted by Gasteiger charge is -2.48. The Morgan fingerprint density at radius 1 is 1.12 bits per heavy atom. The standard InChI is InChI=1S/C15H30N/c1-5-16(8-6-7-9-16)14-10-13(2)11-15(3,4)12-14/h13-14H,5-12H2,1-4H3/q+1. The van der Waals surface area contributed by atoms with E-state index in [4.69, 9.17) is 0 Å². The molecular formula is C15H30N+. The van der Waals surface area contributed by atoms with Gasteiger partial charge in [0.05, 0.1) is 25.7 Å². The summed E-state index contributed by atoms with van der Waals surface area (Å²) in [6.07, 6.45) is 7.33. The van der Waals surface area contributed by atoms with Gasteiger partial charge in [0.15, 0.2) is 0 Å². The van der Waals surface area contributed by atoms with Crippen LogP contribution in [0.25, 0.3) is 0 Å². The predicted octanol–water partition coefficient (Wildman–Crippen LogP) is 3.83. The maximum Gasteiger partial charge on any atom is 0.0898 e. The number of likely N-dealkylation sites (tertiary alicyclic amines) is 1. The molecule has 2 unspecified atom stereocenters. The Morgan fingerprint density at radius 2 is 1.75 bits per heavy atom. The van der Waals surface area contributed by atoms with E-state index in [1.54, 1.807) is 0 Å². The second-order valence-electron chi connectivity index (χ2n) is 7.26. The largest absolute Gasteiger partial charge is 0.321 e. The molecule has 16 heavy (non-hydrogen) atoms. The first-order valence-corrected chi connectivity index (χ1v) is 7.33. The predicted molar refractivity (Wildman–Crippen MR) is 70.4 cm³/mol. The Balaban J connectivity index is 2.13. The first kappa shape index (κ1) is 12.4. The van der Waals surface area contributed by atoms with Gasteiger partial charge in [-0.3, -0.25) is 0 Å². The van der Waals surface area contributed by atoms with Gasteiger partial charge < -0.3 is 4.48 Å². The molecule has 94 valence electrons. The van der Waals surface area contributed by atoms with Gasteiger partial charge in [-0.25, -0.2) is 0 Å². The van der Waals surface area contributed by atoms with Gasteiger partial charge >= 0.3 is 0 Å². The van der Waals surface area contributed by atoms with Crippen molar-refractivity contribution in [3.63, 3.8) is 0 Å². The van der Waals surface area contributed by atoms with Gasteiger partial charge in [-0.15, -0.1) is 0 Å². The van der Waals surface area contributed by atoms with Crippen LogP contribution in [0.15, 0.2) is 0 Å². The third kappa shape index (κ3) is 2.30. The Kier molecular flexibility index (Phi) is 3.36. The second-order valence-corrected chi connectivity index (χ2v) is 7.26. The van der Waals surface area contributed by atoms with Gasteiger partial charge in [0.1, 0.15) is 0 Å². The van der Waals surface area contributed by atoms with Crippen molar-refractivity contribution in [3.05, 3.63) is 0 Å². The Hall–Kier alpha value is -0.0400. The van der Waals surface area contributed by atoms with Gasteiger partial charge in [-0.05, 0) is 24.7 Å². The fraction of sp³-hybridized carbons (Fsp3) is 1.00. The molecular weight excluding hydrogens is 194 g/mol. The molecule has 0 amide bonds. The minimum atomic E-state index is 0.589. The normalized spacial score (nSPS) is 37.5. The highest BCUT2D eigenvalue weighted by Crippen LogP contribution is 2.43. The third-order valence-corrected chi connectivity index (χ3v) is 5.22. The summed E-state index contributed by atoms with van der Waals surface area (Å²) in [7, 11) is 0. The van der Waals surface area contributed by atoms with Crippen LogP contribution in [0.2, 0.25) is 0 Å². The maximum absolute atomic E-state index is 2.48. The molecule has 1 heterocycles. The summed E-state index contributed by atoms with van der Waals surface area (Å²) in [6.45, 7) is 14.1. The number of hydrogen-bond acceptors (Lipinski definition) is 0. The first-order chi connectivity index (χ1) is 7.47. The zero-order valence-corrected chi connectivity index (χ0v) is 11.8. The van der Waals surface area contributed by atoms with Crippen LogP contribution in [0, 0.1) is 11.3 Å². The quantitative estimate of drug-likeness (QED) is 0.625. The summed E-state index contributed by atoms with van der Waals surface area (Å²) < 4.78 is 1.45. The molecule has 1 heteroatoms. The molecule has 0 spiro atoms. The van der Waals surface area contributed by atoms with E-state index in [-0.39, 0.29) is 0 Å². The summed E-state index contributed by atoms with van der Waals surface area (Å²) in [4.78, 5) is 0. The topological polar surface area (TPSA) is 0 Å². The molecule has 1 nitrogen and oxygen atoms in total. The van der Waals surface area contributed by atoms with Gasteiger partial charge in [0.2, 0.25) is 0 Å². The highest BCUT2D eigenvalue weighted by atomic mass is 15.4. The second kappa shape index (κ2) is 4.33. The van der Waals surface area contributed by atoms with E-state index in [1.165, 1.54) is 56.2 Å². The van der Waals surface area contributed by atoms with Crippen molar-refractivity contribution in [2.45, 2.75) is 65.8 Å². The van der Waals surface area contributed by atoms with Crippen molar-refractivity contribution < 1.29 is 4.48 Å². The lowest BCUT2D eigenvalue weighted by Crippen LogP contribution is -2.56. The smallest absolute Gasteiger partial charge is 0.0898 e. The molecule has 2 aliphatic rings. The fourth-order valence-corrected chi connectivity index (χ4v) is 4.62. The van der Waals surface area contributed by atoms with Crippen LogP contribution in [0.5, 0.6) is 0 Å². The number of hydrogen-bond donors (Lipinski definition) is 0. The fourth-order valence-electron chi connectivity index (χ4n) is 4.62. The summed E-state index contributed by atoms with van der Waals surface area (Å²) in [6, 6.07) is 0.964. The monoisotopic (exact) mass is 224 g/mol. The zero-order valence-electron chi connectivity index (χ0n) is 11.8. The molecule has 0 radical (unpaired) electrons. The van der Waals surface area contributed by atoms with Gasteiger partial charge in [0, 0.05) is 25.7 Å². The first-order valence-electron chi connectivity index (χ1n) is 7.33. The molecule has 1 aliphatic carbocycles. The Bertz CT molecular complexity index is 238. The molecule has 2 atom stereocenters. The molecule has 0 aromatic heterocycles. The lowest BCUT2D eigenvalue weighted by molar-refractivity contribution is -0.941. The zero-order chi connectivity index (χ0) is 11.8. The van der Waals surface area contributed by atoms with Crippen molar-refractivity contribution >= 4 is 0 Å². The van der Waals surface area contributed by atoms with Gasteiger partial charge in [0.25, 0.3) is 0 Å². The van der Waals surface area contributed by atoms with Crippen LogP contribution in [-0.4, -0.2) is 30.2 Å². The average molecular weight is 224 g/mol. The van der Waals surface area contributed by atoms with Crippen molar-refractivity contribution in [2.24, 2.45) is 11.3 Å². The molecule has 0 bridgehead atoms. The number of quaternary nitrogens is 1. The Morgan fingerprint density at radius 3 is 2.25 bits per heavy atom. The van der Waals surface area contributed by atoms with Crippen LogP contribution < -0.4 is 0 Å². The van der Waals surface area contributed by atoms with Crippen LogP contribution in [-0.2, 0) is 0 Å². The maximum atomic E-state index is 2.48. The average Bonchev–Trinajstić information content (AvgIpc) is 2.63. The van der Waals surface area contributed by atoms with Crippen molar-refractivity contribution in [2.75, 3.05) is 19.6 Å². The minimum Gasteiger partial charge on any atom is -0.321 e. The van der Waals surface area contributed by atoms with Crippen molar-refractivity contribution in [1.82, 2.24) is 0 Å². The highest BCUT2D eigenvalue weighted by Gasteiger charge is 2.44. The number of nitrogens with zero attached hydrogens (tertiary/aromatic N) is 1. The van der Waals surface area contributed by atoms with Crippen LogP contribution in [0.3, 0.4) is 0 Å². The van der Waals surface area contributed by atoms with Crippen LogP contribution in [0.1, 0.15) is 59.8 Å². The van der Waals surface area contributed by atoms with E-state index < -0.39 is 0 Å². The molecule has 1 aliphatic heterocycles. The van der Waals surface area contributed by atoms with Crippen molar-refractivity contribution in [3.8, 4) is 0 Å². The molecule has 0 aromatic carbocycles. The van der Waals surface area contributed by atoms with E-state index in [1.807, 2.05) is 0 Å². The molecule has 0 aromatic rings. The lowest BCUT2D eigenvalue weighted by atomic mass is 9.69. The van der Waals surface area contributed by atoms with E-state index in [0.717, 1.165) is 12.0 Å². The van der Waals surface area contributed by atoms with Gasteiger partial charge in [-0.1, -0.05) is 20.8 Å². The molecule has 2 fully saturated rings. The molecule has 2 rings (SSSR count).